The lowest BCUT2D eigenvalue weighted by molar-refractivity contribution is -0.141. The Labute approximate surface area is 204 Å². The molecule has 1 aliphatic rings. The molecule has 0 bridgehead atoms. The van der Waals surface area contributed by atoms with Crippen LogP contribution in [0.3, 0.4) is 0 Å². The first kappa shape index (κ1) is 23.6. The number of nitrogens with zero attached hydrogens (tertiary/aromatic N) is 5. The van der Waals surface area contributed by atoms with E-state index in [2.05, 4.69) is 20.0 Å². The van der Waals surface area contributed by atoms with Gasteiger partial charge in [-0.05, 0) is 55.3 Å². The van der Waals surface area contributed by atoms with Gasteiger partial charge in [0.25, 0.3) is 5.91 Å². The van der Waals surface area contributed by atoms with E-state index in [-0.39, 0.29) is 18.1 Å². The largest absolute Gasteiger partial charge is 0.433 e. The number of aromatic nitrogens is 4. The van der Waals surface area contributed by atoms with Crippen LogP contribution in [0.4, 0.5) is 18.9 Å². The van der Waals surface area contributed by atoms with Crippen LogP contribution in [0.1, 0.15) is 35.1 Å². The zero-order valence-corrected chi connectivity index (χ0v) is 19.2. The minimum Gasteiger partial charge on any atom is -0.351 e. The van der Waals surface area contributed by atoms with Gasteiger partial charge in [0.05, 0.1) is 5.52 Å². The van der Waals surface area contributed by atoms with Gasteiger partial charge in [0, 0.05) is 48.8 Å². The van der Waals surface area contributed by atoms with E-state index < -0.39 is 17.8 Å². The van der Waals surface area contributed by atoms with Crippen molar-refractivity contribution >= 4 is 28.4 Å². The SMILES string of the molecule is O=C(Nc1ccc2nn(CC(=O)N3CCC(n4cccc4)CC3)cc2c1)c1cccc(C(F)(F)F)n1. The third kappa shape index (κ3) is 5.09. The molecule has 1 fully saturated rings. The summed E-state index contributed by atoms with van der Waals surface area (Å²) in [6, 6.07) is 12.5. The maximum absolute atomic E-state index is 12.9. The molecule has 5 rings (SSSR count). The lowest BCUT2D eigenvalue weighted by Crippen LogP contribution is -2.40. The Morgan fingerprint density at radius 2 is 1.78 bits per heavy atom. The number of piperidine rings is 1. The maximum Gasteiger partial charge on any atom is 0.433 e. The molecule has 2 amide bonds. The van der Waals surface area contributed by atoms with Crippen LogP contribution in [0.15, 0.2) is 67.1 Å². The number of rotatable bonds is 5. The van der Waals surface area contributed by atoms with E-state index in [9.17, 15) is 22.8 Å². The second kappa shape index (κ2) is 9.48. The molecule has 0 radical (unpaired) electrons. The van der Waals surface area contributed by atoms with Gasteiger partial charge in [0.1, 0.15) is 17.9 Å². The maximum atomic E-state index is 12.9. The monoisotopic (exact) mass is 496 g/mol. The van der Waals surface area contributed by atoms with E-state index in [0.29, 0.717) is 35.7 Å². The van der Waals surface area contributed by atoms with Crippen molar-refractivity contribution in [2.24, 2.45) is 0 Å². The molecular weight excluding hydrogens is 473 g/mol. The predicted octanol–water partition coefficient (Wildman–Crippen LogP) is 4.37. The Hall–Kier alpha value is -4.15. The highest BCUT2D eigenvalue weighted by atomic mass is 19.4. The van der Waals surface area contributed by atoms with Crippen molar-refractivity contribution < 1.29 is 22.8 Å². The molecule has 0 atom stereocenters. The summed E-state index contributed by atoms with van der Waals surface area (Å²) < 4.78 is 42.4. The highest BCUT2D eigenvalue weighted by Crippen LogP contribution is 2.28. The fourth-order valence-electron chi connectivity index (χ4n) is 4.39. The average molecular weight is 496 g/mol. The van der Waals surface area contributed by atoms with Crippen molar-refractivity contribution in [3.63, 3.8) is 0 Å². The van der Waals surface area contributed by atoms with Gasteiger partial charge in [-0.1, -0.05) is 6.07 Å². The Bertz CT molecular complexity index is 1390. The van der Waals surface area contributed by atoms with Crippen molar-refractivity contribution in [2.45, 2.75) is 31.6 Å². The van der Waals surface area contributed by atoms with Crippen molar-refractivity contribution in [2.75, 3.05) is 18.4 Å². The van der Waals surface area contributed by atoms with Crippen molar-refractivity contribution in [3.8, 4) is 0 Å². The van der Waals surface area contributed by atoms with Gasteiger partial charge in [-0.2, -0.15) is 18.3 Å². The number of pyridine rings is 1. The van der Waals surface area contributed by atoms with E-state index in [0.717, 1.165) is 25.0 Å². The average Bonchev–Trinajstić information content (AvgIpc) is 3.53. The van der Waals surface area contributed by atoms with Gasteiger partial charge < -0.3 is 14.8 Å². The minimum absolute atomic E-state index is 0.0158. The number of benzene rings is 1. The van der Waals surface area contributed by atoms with Crippen LogP contribution in [0.5, 0.6) is 0 Å². The molecule has 0 unspecified atom stereocenters. The smallest absolute Gasteiger partial charge is 0.351 e. The first-order chi connectivity index (χ1) is 17.3. The number of carbonyl (C=O) groups is 2. The van der Waals surface area contributed by atoms with E-state index in [1.165, 1.54) is 6.07 Å². The number of halogens is 3. The molecule has 0 aliphatic carbocycles. The summed E-state index contributed by atoms with van der Waals surface area (Å²) in [6.45, 7) is 1.46. The fourth-order valence-corrected chi connectivity index (χ4v) is 4.39. The second-order valence-corrected chi connectivity index (χ2v) is 8.70. The predicted molar refractivity (Wildman–Crippen MR) is 126 cm³/mol. The van der Waals surface area contributed by atoms with Crippen LogP contribution in [-0.2, 0) is 17.5 Å². The molecule has 1 aliphatic heterocycles. The molecule has 3 aromatic heterocycles. The normalized spacial score (nSPS) is 14.8. The standard InChI is InChI=1S/C25H23F3N6O2/c26-25(27,28)22-5-3-4-21(30-22)24(36)29-18-6-7-20-17(14-18)15-34(31-20)16-23(35)33-12-8-19(9-13-33)32-10-1-2-11-32/h1-7,10-11,14-15,19H,8-9,12-13,16H2,(H,29,36). The summed E-state index contributed by atoms with van der Waals surface area (Å²) in [5, 5.41) is 7.68. The highest BCUT2D eigenvalue weighted by Gasteiger charge is 2.33. The summed E-state index contributed by atoms with van der Waals surface area (Å²) in [7, 11) is 0. The van der Waals surface area contributed by atoms with Gasteiger partial charge in [-0.15, -0.1) is 0 Å². The summed E-state index contributed by atoms with van der Waals surface area (Å²) in [5.41, 5.74) is -0.466. The van der Waals surface area contributed by atoms with Gasteiger partial charge >= 0.3 is 6.18 Å². The Morgan fingerprint density at radius 1 is 1.03 bits per heavy atom. The molecule has 1 aromatic carbocycles. The van der Waals surface area contributed by atoms with E-state index in [1.807, 2.05) is 29.4 Å². The third-order valence-corrected chi connectivity index (χ3v) is 6.25. The highest BCUT2D eigenvalue weighted by molar-refractivity contribution is 6.03. The van der Waals surface area contributed by atoms with Crippen molar-refractivity contribution in [1.29, 1.82) is 0 Å². The summed E-state index contributed by atoms with van der Waals surface area (Å²) in [4.78, 5) is 30.5. The lowest BCUT2D eigenvalue weighted by Gasteiger charge is -2.32. The number of carbonyl (C=O) groups excluding carboxylic acids is 2. The number of hydrogen-bond acceptors (Lipinski definition) is 4. The summed E-state index contributed by atoms with van der Waals surface area (Å²) in [6.07, 6.45) is 2.95. The van der Waals surface area contributed by atoms with E-state index in [1.54, 1.807) is 29.1 Å². The molecule has 1 N–H and O–H groups in total. The van der Waals surface area contributed by atoms with Crippen molar-refractivity contribution in [3.05, 3.63) is 78.5 Å². The summed E-state index contributed by atoms with van der Waals surface area (Å²) in [5.74, 6) is -0.774. The van der Waals surface area contributed by atoms with E-state index >= 15 is 0 Å². The fraction of sp³-hybridized carbons (Fsp3) is 0.280. The second-order valence-electron chi connectivity index (χ2n) is 8.70. The quantitative estimate of drug-likeness (QED) is 0.445. The Kier molecular flexibility index (Phi) is 6.21. The van der Waals surface area contributed by atoms with Crippen molar-refractivity contribution in [1.82, 2.24) is 24.2 Å². The molecule has 186 valence electrons. The number of hydrogen-bond donors (Lipinski definition) is 1. The first-order valence-electron chi connectivity index (χ1n) is 11.5. The number of alkyl halides is 3. The van der Waals surface area contributed by atoms with Crippen LogP contribution in [0.25, 0.3) is 10.9 Å². The molecule has 0 spiro atoms. The number of anilines is 1. The van der Waals surface area contributed by atoms with Crippen LogP contribution in [0, 0.1) is 0 Å². The molecule has 4 heterocycles. The molecule has 11 heteroatoms. The topological polar surface area (TPSA) is 85.0 Å². The van der Waals surface area contributed by atoms with Gasteiger partial charge in [-0.3, -0.25) is 14.3 Å². The molecule has 4 aromatic rings. The molecular formula is C25H23F3N6O2. The number of nitrogens with one attached hydrogen (secondary N) is 1. The lowest BCUT2D eigenvalue weighted by atomic mass is 10.0. The zero-order valence-electron chi connectivity index (χ0n) is 19.2. The third-order valence-electron chi connectivity index (χ3n) is 6.25. The zero-order chi connectivity index (χ0) is 25.3. The number of amides is 2. The minimum atomic E-state index is -4.64. The van der Waals surface area contributed by atoms with Crippen LogP contribution in [-0.4, -0.2) is 49.1 Å². The van der Waals surface area contributed by atoms with Crippen LogP contribution in [0.2, 0.25) is 0 Å². The van der Waals surface area contributed by atoms with Gasteiger partial charge in [0.2, 0.25) is 5.91 Å². The number of likely N-dealkylation sites (tertiary alicyclic amines) is 1. The van der Waals surface area contributed by atoms with E-state index in [4.69, 9.17) is 0 Å². The van der Waals surface area contributed by atoms with Gasteiger partial charge in [-0.25, -0.2) is 4.98 Å². The molecule has 1 saturated heterocycles. The van der Waals surface area contributed by atoms with Gasteiger partial charge in [0.15, 0.2) is 0 Å². The molecule has 36 heavy (non-hydrogen) atoms. The summed E-state index contributed by atoms with van der Waals surface area (Å²) >= 11 is 0. The molecule has 0 saturated carbocycles. The van der Waals surface area contributed by atoms with Crippen LogP contribution < -0.4 is 5.32 Å². The Morgan fingerprint density at radius 3 is 2.50 bits per heavy atom. The van der Waals surface area contributed by atoms with Crippen LogP contribution >= 0.6 is 0 Å². The number of fused-ring (bicyclic) bond motifs is 1. The first-order valence-corrected chi connectivity index (χ1v) is 11.5. The Balaban J connectivity index is 1.22. The molecule has 8 nitrogen and oxygen atoms in total.